The summed E-state index contributed by atoms with van der Waals surface area (Å²) in [5, 5.41) is 4.39. The predicted molar refractivity (Wildman–Crippen MR) is 66.3 cm³/mol. The zero-order chi connectivity index (χ0) is 12.5. The van der Waals surface area contributed by atoms with Crippen molar-refractivity contribution >= 4 is 11.6 Å². The van der Waals surface area contributed by atoms with Crippen molar-refractivity contribution in [1.82, 2.24) is 10.1 Å². The maximum Gasteiger partial charge on any atom is 0.240 e. The molecule has 1 aliphatic carbocycles. The first-order valence-electron chi connectivity index (χ1n) is 5.75. The van der Waals surface area contributed by atoms with E-state index in [-0.39, 0.29) is 6.54 Å². The standard InChI is InChI=1S/C12H12ClN3O2/c13-9-5-7(12-15-11(6-14)18-16-12)1-4-10(9)17-8-2-3-8/h1,4-5,8H,2-3,6,14H2. The summed E-state index contributed by atoms with van der Waals surface area (Å²) in [7, 11) is 0. The molecule has 1 aromatic heterocycles. The Balaban J connectivity index is 1.86. The Labute approximate surface area is 109 Å². The van der Waals surface area contributed by atoms with Crippen LogP contribution in [-0.2, 0) is 6.54 Å². The molecule has 0 bridgehead atoms. The van der Waals surface area contributed by atoms with Crippen LogP contribution in [0.15, 0.2) is 22.7 Å². The topological polar surface area (TPSA) is 74.2 Å². The van der Waals surface area contributed by atoms with E-state index < -0.39 is 0 Å². The second-order valence-electron chi connectivity index (χ2n) is 4.18. The lowest BCUT2D eigenvalue weighted by Gasteiger charge is -2.06. The van der Waals surface area contributed by atoms with Gasteiger partial charge in [0.15, 0.2) is 0 Å². The van der Waals surface area contributed by atoms with E-state index in [0.29, 0.717) is 28.6 Å². The minimum atomic E-state index is 0.226. The maximum atomic E-state index is 6.16. The molecule has 2 N–H and O–H groups in total. The molecule has 5 nitrogen and oxygen atoms in total. The molecule has 1 aromatic carbocycles. The van der Waals surface area contributed by atoms with Crippen LogP contribution in [0.2, 0.25) is 5.02 Å². The van der Waals surface area contributed by atoms with Crippen molar-refractivity contribution in [3.05, 3.63) is 29.1 Å². The molecule has 0 spiro atoms. The fourth-order valence-corrected chi connectivity index (χ4v) is 1.78. The first-order valence-corrected chi connectivity index (χ1v) is 6.13. The summed E-state index contributed by atoms with van der Waals surface area (Å²) in [6.07, 6.45) is 2.52. The Morgan fingerprint density at radius 1 is 1.44 bits per heavy atom. The summed E-state index contributed by atoms with van der Waals surface area (Å²) in [5.74, 6) is 1.58. The van der Waals surface area contributed by atoms with Crippen molar-refractivity contribution in [1.29, 1.82) is 0 Å². The van der Waals surface area contributed by atoms with Crippen LogP contribution in [0.3, 0.4) is 0 Å². The average Bonchev–Trinajstić information content (AvgIpc) is 3.06. The van der Waals surface area contributed by atoms with Gasteiger partial charge in [0, 0.05) is 5.56 Å². The van der Waals surface area contributed by atoms with Crippen LogP contribution < -0.4 is 10.5 Å². The van der Waals surface area contributed by atoms with Crippen LogP contribution in [0.25, 0.3) is 11.4 Å². The van der Waals surface area contributed by atoms with Gasteiger partial charge in [-0.3, -0.25) is 0 Å². The van der Waals surface area contributed by atoms with Gasteiger partial charge in [-0.05, 0) is 31.0 Å². The summed E-state index contributed by atoms with van der Waals surface area (Å²) in [4.78, 5) is 4.14. The van der Waals surface area contributed by atoms with E-state index in [1.807, 2.05) is 12.1 Å². The molecule has 0 unspecified atom stereocenters. The molecule has 1 heterocycles. The van der Waals surface area contributed by atoms with Gasteiger partial charge >= 0.3 is 0 Å². The fraction of sp³-hybridized carbons (Fsp3) is 0.333. The van der Waals surface area contributed by atoms with Crippen molar-refractivity contribution in [3.63, 3.8) is 0 Å². The molecule has 1 fully saturated rings. The number of rotatable bonds is 4. The first-order chi connectivity index (χ1) is 8.76. The Morgan fingerprint density at radius 2 is 2.28 bits per heavy atom. The fourth-order valence-electron chi connectivity index (χ4n) is 1.56. The van der Waals surface area contributed by atoms with E-state index in [4.69, 9.17) is 26.6 Å². The summed E-state index contributed by atoms with van der Waals surface area (Å²) in [6, 6.07) is 5.45. The minimum absolute atomic E-state index is 0.226. The smallest absolute Gasteiger partial charge is 0.240 e. The van der Waals surface area contributed by atoms with Gasteiger partial charge in [0.2, 0.25) is 11.7 Å². The van der Waals surface area contributed by atoms with Crippen LogP contribution in [0, 0.1) is 0 Å². The maximum absolute atomic E-state index is 6.16. The SMILES string of the molecule is NCc1nc(-c2ccc(OC3CC3)c(Cl)c2)no1. The number of nitrogens with zero attached hydrogens (tertiary/aromatic N) is 2. The number of ether oxygens (including phenoxy) is 1. The van der Waals surface area contributed by atoms with Gasteiger partial charge in [-0.15, -0.1) is 0 Å². The van der Waals surface area contributed by atoms with Gasteiger partial charge in [0.1, 0.15) is 5.75 Å². The van der Waals surface area contributed by atoms with Crippen LogP contribution in [0.1, 0.15) is 18.7 Å². The van der Waals surface area contributed by atoms with Crippen molar-refractivity contribution < 1.29 is 9.26 Å². The monoisotopic (exact) mass is 265 g/mol. The Kier molecular flexibility index (Phi) is 2.93. The second kappa shape index (κ2) is 4.59. The minimum Gasteiger partial charge on any atom is -0.489 e. The Hall–Kier alpha value is -1.59. The van der Waals surface area contributed by atoms with Gasteiger partial charge in [0.25, 0.3) is 0 Å². The lowest BCUT2D eigenvalue weighted by atomic mass is 10.2. The molecule has 2 aromatic rings. The van der Waals surface area contributed by atoms with Gasteiger partial charge in [-0.2, -0.15) is 4.98 Å². The van der Waals surface area contributed by atoms with Crippen LogP contribution in [0.5, 0.6) is 5.75 Å². The van der Waals surface area contributed by atoms with E-state index in [9.17, 15) is 0 Å². The second-order valence-corrected chi connectivity index (χ2v) is 4.59. The number of benzene rings is 1. The van der Waals surface area contributed by atoms with Crippen LogP contribution >= 0.6 is 11.6 Å². The molecular formula is C12H12ClN3O2. The highest BCUT2D eigenvalue weighted by Crippen LogP contribution is 2.34. The molecule has 18 heavy (non-hydrogen) atoms. The number of hydrogen-bond acceptors (Lipinski definition) is 5. The van der Waals surface area contributed by atoms with E-state index in [2.05, 4.69) is 10.1 Å². The average molecular weight is 266 g/mol. The predicted octanol–water partition coefficient (Wildman–Crippen LogP) is 2.39. The summed E-state index contributed by atoms with van der Waals surface area (Å²) in [5.41, 5.74) is 6.20. The van der Waals surface area contributed by atoms with E-state index in [1.54, 1.807) is 6.07 Å². The molecule has 94 valence electrons. The molecule has 1 saturated carbocycles. The van der Waals surface area contributed by atoms with Crippen molar-refractivity contribution in [3.8, 4) is 17.1 Å². The molecule has 0 amide bonds. The Bertz CT molecular complexity index is 566. The lowest BCUT2D eigenvalue weighted by Crippen LogP contribution is -1.97. The van der Waals surface area contributed by atoms with Gasteiger partial charge in [-0.25, -0.2) is 0 Å². The van der Waals surface area contributed by atoms with E-state index >= 15 is 0 Å². The van der Waals surface area contributed by atoms with Gasteiger partial charge in [0.05, 0.1) is 17.7 Å². The van der Waals surface area contributed by atoms with Crippen molar-refractivity contribution in [2.45, 2.75) is 25.5 Å². The molecule has 0 atom stereocenters. The van der Waals surface area contributed by atoms with Crippen LogP contribution in [-0.4, -0.2) is 16.2 Å². The van der Waals surface area contributed by atoms with Crippen LogP contribution in [0.4, 0.5) is 0 Å². The first kappa shape index (κ1) is 11.5. The van der Waals surface area contributed by atoms with E-state index in [0.717, 1.165) is 18.4 Å². The normalized spacial score (nSPS) is 14.8. The summed E-state index contributed by atoms with van der Waals surface area (Å²) < 4.78 is 10.6. The van der Waals surface area contributed by atoms with Crippen molar-refractivity contribution in [2.24, 2.45) is 5.73 Å². The highest BCUT2D eigenvalue weighted by Gasteiger charge is 2.24. The highest BCUT2D eigenvalue weighted by atomic mass is 35.5. The number of halogens is 1. The van der Waals surface area contributed by atoms with Gasteiger partial charge < -0.3 is 15.0 Å². The third-order valence-electron chi connectivity index (χ3n) is 2.65. The summed E-state index contributed by atoms with van der Waals surface area (Å²) >= 11 is 6.16. The third-order valence-corrected chi connectivity index (χ3v) is 2.95. The summed E-state index contributed by atoms with van der Waals surface area (Å²) in [6.45, 7) is 0.226. The number of nitrogens with two attached hydrogens (primary N) is 1. The van der Waals surface area contributed by atoms with Crippen molar-refractivity contribution in [2.75, 3.05) is 0 Å². The number of aromatic nitrogens is 2. The molecular weight excluding hydrogens is 254 g/mol. The zero-order valence-corrected chi connectivity index (χ0v) is 10.4. The molecule has 1 aliphatic rings. The molecule has 3 rings (SSSR count). The largest absolute Gasteiger partial charge is 0.489 e. The lowest BCUT2D eigenvalue weighted by molar-refractivity contribution is 0.303. The Morgan fingerprint density at radius 3 is 2.89 bits per heavy atom. The quantitative estimate of drug-likeness (QED) is 0.919. The molecule has 0 radical (unpaired) electrons. The zero-order valence-electron chi connectivity index (χ0n) is 9.60. The molecule has 6 heteroatoms. The number of hydrogen-bond donors (Lipinski definition) is 1. The molecule has 0 aliphatic heterocycles. The molecule has 0 saturated heterocycles. The van der Waals surface area contributed by atoms with Gasteiger partial charge in [-0.1, -0.05) is 16.8 Å². The third kappa shape index (κ3) is 2.32. The van der Waals surface area contributed by atoms with E-state index in [1.165, 1.54) is 0 Å². The highest BCUT2D eigenvalue weighted by molar-refractivity contribution is 6.32.